The van der Waals surface area contributed by atoms with Gasteiger partial charge in [0.15, 0.2) is 0 Å². The van der Waals surface area contributed by atoms with Gasteiger partial charge in [0.1, 0.15) is 0 Å². The molecule has 0 amide bonds. The van der Waals surface area contributed by atoms with Gasteiger partial charge in [-0.2, -0.15) is 0 Å². The number of nitrogens with zero attached hydrogens (tertiary/aromatic N) is 1. The number of aliphatic hydroxyl groups is 2. The van der Waals surface area contributed by atoms with E-state index in [4.69, 9.17) is 0 Å². The third kappa shape index (κ3) is 2.43. The molecule has 88 valence electrons. The van der Waals surface area contributed by atoms with Crippen LogP contribution in [-0.4, -0.2) is 40.9 Å². The summed E-state index contributed by atoms with van der Waals surface area (Å²) in [5.74, 6) is -0.107. The van der Waals surface area contributed by atoms with Gasteiger partial charge in [-0.25, -0.2) is 0 Å². The van der Waals surface area contributed by atoms with Crippen molar-refractivity contribution in [3.8, 4) is 0 Å². The van der Waals surface area contributed by atoms with Gasteiger partial charge >= 0.3 is 0 Å². The average molecular weight is 221 g/mol. The van der Waals surface area contributed by atoms with Gasteiger partial charge in [0.05, 0.1) is 12.7 Å². The number of benzene rings is 1. The maximum atomic E-state index is 9.73. The Hall–Kier alpha value is -0.900. The maximum absolute atomic E-state index is 9.73. The van der Waals surface area contributed by atoms with Gasteiger partial charge in [-0.15, -0.1) is 0 Å². The topological polar surface area (TPSA) is 43.5 Å². The standard InChI is InChI=1S/C13H19NO2/c1-10(16)12(9-15)13(14-7-8-14)11-5-3-2-4-6-11/h2-6,10,12-13,15-16H,7-9H2,1H3. The minimum atomic E-state index is -0.490. The Balaban J connectivity index is 2.23. The zero-order valence-corrected chi connectivity index (χ0v) is 9.58. The van der Waals surface area contributed by atoms with Crippen molar-refractivity contribution in [2.24, 2.45) is 5.92 Å². The smallest absolute Gasteiger partial charge is 0.0580 e. The summed E-state index contributed by atoms with van der Waals surface area (Å²) < 4.78 is 0. The van der Waals surface area contributed by atoms with Gasteiger partial charge in [-0.05, 0) is 12.5 Å². The molecule has 0 radical (unpaired) electrons. The van der Waals surface area contributed by atoms with Crippen molar-refractivity contribution in [2.45, 2.75) is 19.1 Å². The van der Waals surface area contributed by atoms with E-state index >= 15 is 0 Å². The lowest BCUT2D eigenvalue weighted by molar-refractivity contribution is 0.0415. The van der Waals surface area contributed by atoms with Crippen LogP contribution in [0.5, 0.6) is 0 Å². The second-order valence-electron chi connectivity index (χ2n) is 4.48. The first-order chi connectivity index (χ1) is 7.74. The number of aliphatic hydroxyl groups excluding tert-OH is 2. The van der Waals surface area contributed by atoms with Gasteiger partial charge in [-0.1, -0.05) is 30.3 Å². The molecule has 1 aromatic carbocycles. The van der Waals surface area contributed by atoms with Crippen LogP contribution in [-0.2, 0) is 0 Å². The third-order valence-corrected chi connectivity index (χ3v) is 3.25. The van der Waals surface area contributed by atoms with E-state index in [1.54, 1.807) is 6.92 Å². The predicted octanol–water partition coefficient (Wildman–Crippen LogP) is 1.03. The van der Waals surface area contributed by atoms with Crippen LogP contribution in [0.25, 0.3) is 0 Å². The lowest BCUT2D eigenvalue weighted by Gasteiger charge is -2.29. The summed E-state index contributed by atoms with van der Waals surface area (Å²) in [6.45, 7) is 3.89. The minimum Gasteiger partial charge on any atom is -0.396 e. The first-order valence-corrected chi connectivity index (χ1v) is 5.82. The number of rotatable bonds is 5. The number of hydrogen-bond donors (Lipinski definition) is 2. The van der Waals surface area contributed by atoms with Crippen molar-refractivity contribution in [1.29, 1.82) is 0 Å². The van der Waals surface area contributed by atoms with Crippen LogP contribution in [0.1, 0.15) is 18.5 Å². The molecule has 3 atom stereocenters. The van der Waals surface area contributed by atoms with E-state index in [-0.39, 0.29) is 18.6 Å². The molecule has 0 bridgehead atoms. The fourth-order valence-electron chi connectivity index (χ4n) is 2.23. The largest absolute Gasteiger partial charge is 0.396 e. The molecule has 1 aromatic rings. The van der Waals surface area contributed by atoms with E-state index < -0.39 is 6.10 Å². The molecule has 16 heavy (non-hydrogen) atoms. The first-order valence-electron chi connectivity index (χ1n) is 5.82. The second kappa shape index (κ2) is 4.95. The fourth-order valence-corrected chi connectivity index (χ4v) is 2.23. The van der Waals surface area contributed by atoms with Crippen molar-refractivity contribution >= 4 is 0 Å². The quantitative estimate of drug-likeness (QED) is 0.730. The lowest BCUT2D eigenvalue weighted by atomic mass is 9.89. The highest BCUT2D eigenvalue weighted by Gasteiger charge is 2.36. The first kappa shape index (κ1) is 11.6. The molecule has 1 aliphatic heterocycles. The van der Waals surface area contributed by atoms with E-state index in [2.05, 4.69) is 17.0 Å². The lowest BCUT2D eigenvalue weighted by Crippen LogP contribution is -2.31. The summed E-state index contributed by atoms with van der Waals surface area (Å²) in [5, 5.41) is 19.2. The Labute approximate surface area is 96.3 Å². The molecule has 1 aliphatic rings. The zero-order valence-electron chi connectivity index (χ0n) is 9.58. The average Bonchev–Trinajstić information content (AvgIpc) is 3.10. The van der Waals surface area contributed by atoms with Gasteiger partial charge < -0.3 is 10.2 Å². The Kier molecular flexibility index (Phi) is 3.59. The van der Waals surface area contributed by atoms with Crippen LogP contribution in [0.4, 0.5) is 0 Å². The van der Waals surface area contributed by atoms with Crippen molar-refractivity contribution in [3.63, 3.8) is 0 Å². The molecule has 0 saturated carbocycles. The summed E-state index contributed by atoms with van der Waals surface area (Å²) in [4.78, 5) is 2.28. The summed E-state index contributed by atoms with van der Waals surface area (Å²) in [6, 6.07) is 10.3. The van der Waals surface area contributed by atoms with E-state index in [9.17, 15) is 10.2 Å². The molecular weight excluding hydrogens is 202 g/mol. The van der Waals surface area contributed by atoms with Gasteiger partial charge in [-0.3, -0.25) is 4.90 Å². The van der Waals surface area contributed by atoms with Crippen LogP contribution in [0.2, 0.25) is 0 Å². The molecule has 0 aromatic heterocycles. The Bertz CT molecular complexity index is 322. The highest BCUT2D eigenvalue weighted by atomic mass is 16.3. The maximum Gasteiger partial charge on any atom is 0.0580 e. The highest BCUT2D eigenvalue weighted by Crippen LogP contribution is 2.34. The molecule has 2 N–H and O–H groups in total. The van der Waals surface area contributed by atoms with Crippen LogP contribution < -0.4 is 0 Å². The Morgan fingerprint density at radius 3 is 2.31 bits per heavy atom. The molecule has 3 unspecified atom stereocenters. The third-order valence-electron chi connectivity index (χ3n) is 3.25. The van der Waals surface area contributed by atoms with Crippen molar-refractivity contribution in [3.05, 3.63) is 35.9 Å². The van der Waals surface area contributed by atoms with Crippen molar-refractivity contribution < 1.29 is 10.2 Å². The Morgan fingerprint density at radius 2 is 1.88 bits per heavy atom. The summed E-state index contributed by atoms with van der Waals surface area (Å²) in [6.07, 6.45) is -0.490. The number of hydrogen-bond acceptors (Lipinski definition) is 3. The molecule has 1 fully saturated rings. The molecular formula is C13H19NO2. The second-order valence-corrected chi connectivity index (χ2v) is 4.48. The van der Waals surface area contributed by atoms with Crippen molar-refractivity contribution in [1.82, 2.24) is 4.90 Å². The molecule has 0 aliphatic carbocycles. The zero-order chi connectivity index (χ0) is 11.5. The summed E-state index contributed by atoms with van der Waals surface area (Å²) in [7, 11) is 0. The molecule has 1 heterocycles. The molecule has 3 heteroatoms. The van der Waals surface area contributed by atoms with Crippen molar-refractivity contribution in [2.75, 3.05) is 19.7 Å². The van der Waals surface area contributed by atoms with Crippen LogP contribution in [0.3, 0.4) is 0 Å². The van der Waals surface area contributed by atoms with Gasteiger partial charge in [0.25, 0.3) is 0 Å². The summed E-state index contributed by atoms with van der Waals surface area (Å²) in [5.41, 5.74) is 1.18. The Morgan fingerprint density at radius 1 is 1.25 bits per heavy atom. The fraction of sp³-hybridized carbons (Fsp3) is 0.538. The minimum absolute atomic E-state index is 0.0216. The van der Waals surface area contributed by atoms with Gasteiger partial charge in [0.2, 0.25) is 0 Å². The predicted molar refractivity (Wildman–Crippen MR) is 63.0 cm³/mol. The molecule has 3 nitrogen and oxygen atoms in total. The monoisotopic (exact) mass is 221 g/mol. The van der Waals surface area contributed by atoms with Crippen LogP contribution in [0.15, 0.2) is 30.3 Å². The van der Waals surface area contributed by atoms with E-state index in [0.29, 0.717) is 0 Å². The van der Waals surface area contributed by atoms with Crippen LogP contribution in [0, 0.1) is 5.92 Å². The SMILES string of the molecule is CC(O)C(CO)C(c1ccccc1)N1CC1. The van der Waals surface area contributed by atoms with E-state index in [1.807, 2.05) is 18.2 Å². The highest BCUT2D eigenvalue weighted by molar-refractivity contribution is 5.21. The van der Waals surface area contributed by atoms with Gasteiger partial charge in [0, 0.05) is 25.0 Å². The molecule has 2 rings (SSSR count). The van der Waals surface area contributed by atoms with E-state index in [0.717, 1.165) is 13.1 Å². The normalized spacial score (nSPS) is 21.4. The molecule has 1 saturated heterocycles. The van der Waals surface area contributed by atoms with E-state index in [1.165, 1.54) is 5.56 Å². The summed E-state index contributed by atoms with van der Waals surface area (Å²) >= 11 is 0. The molecule has 0 spiro atoms. The van der Waals surface area contributed by atoms with Crippen LogP contribution >= 0.6 is 0 Å².